The van der Waals surface area contributed by atoms with Crippen LogP contribution in [-0.2, 0) is 16.0 Å². The highest BCUT2D eigenvalue weighted by Crippen LogP contribution is 2.26. The van der Waals surface area contributed by atoms with Crippen molar-refractivity contribution in [2.75, 3.05) is 45.2 Å². The first-order chi connectivity index (χ1) is 13.7. The van der Waals surface area contributed by atoms with E-state index in [1.807, 2.05) is 25.1 Å². The molecule has 0 unspecified atom stereocenters. The molecule has 0 aliphatic carbocycles. The normalized spacial score (nSPS) is 17.7. The van der Waals surface area contributed by atoms with Crippen LogP contribution in [0.4, 0.5) is 10.5 Å². The van der Waals surface area contributed by atoms with E-state index in [1.54, 1.807) is 13.8 Å². The Morgan fingerprint density at radius 2 is 2.03 bits per heavy atom. The molecule has 1 aromatic carbocycles. The molecule has 1 saturated heterocycles. The molecule has 2 N–H and O–H groups in total. The van der Waals surface area contributed by atoms with Gasteiger partial charge in [-0.1, -0.05) is 6.92 Å². The molecule has 2 rings (SSSR count). The van der Waals surface area contributed by atoms with Crippen molar-refractivity contribution in [2.24, 2.45) is 0 Å². The average Bonchev–Trinajstić information content (AvgIpc) is 2.67. The van der Waals surface area contributed by atoms with Gasteiger partial charge >= 0.3 is 12.1 Å². The number of rotatable bonds is 8. The lowest BCUT2D eigenvalue weighted by Crippen LogP contribution is -2.54. The number of anilines is 1. The van der Waals surface area contributed by atoms with Gasteiger partial charge in [0.2, 0.25) is 0 Å². The Hall–Kier alpha value is -2.48. The number of esters is 1. The van der Waals surface area contributed by atoms with E-state index in [0.717, 1.165) is 30.0 Å². The third kappa shape index (κ3) is 6.00. The third-order valence-electron chi connectivity index (χ3n) is 5.22. The van der Waals surface area contributed by atoms with E-state index in [9.17, 15) is 9.59 Å². The molecule has 1 aliphatic heterocycles. The number of carbonyl (C=O) groups excluding carboxylic acids is 1. The van der Waals surface area contributed by atoms with E-state index < -0.39 is 11.6 Å². The monoisotopic (exact) mass is 407 g/mol. The fraction of sp³-hybridized carbons (Fsp3) is 0.619. The summed E-state index contributed by atoms with van der Waals surface area (Å²) in [5.74, 6) is 0.499. The van der Waals surface area contributed by atoms with E-state index in [2.05, 4.69) is 17.1 Å². The minimum atomic E-state index is -0.856. The fourth-order valence-corrected chi connectivity index (χ4v) is 3.55. The molecule has 0 aromatic heterocycles. The largest absolute Gasteiger partial charge is 0.492 e. The molecular weight excluding hydrogens is 374 g/mol. The van der Waals surface area contributed by atoms with Gasteiger partial charge in [-0.15, -0.1) is 0 Å². The van der Waals surface area contributed by atoms with Crippen LogP contribution in [0.25, 0.3) is 0 Å². The quantitative estimate of drug-likeness (QED) is 0.640. The fourth-order valence-electron chi connectivity index (χ4n) is 3.55. The van der Waals surface area contributed by atoms with Gasteiger partial charge in [-0.3, -0.25) is 4.90 Å². The van der Waals surface area contributed by atoms with Crippen molar-refractivity contribution in [1.82, 2.24) is 9.80 Å². The molecule has 1 heterocycles. The number of nitrogens with one attached hydrogen (secondary N) is 1. The van der Waals surface area contributed by atoms with E-state index in [0.29, 0.717) is 26.2 Å². The first-order valence-corrected chi connectivity index (χ1v) is 10.0. The van der Waals surface area contributed by atoms with Crippen molar-refractivity contribution >= 4 is 17.7 Å². The van der Waals surface area contributed by atoms with Crippen LogP contribution in [0.5, 0.6) is 5.75 Å². The Morgan fingerprint density at radius 1 is 1.31 bits per heavy atom. The molecule has 0 spiro atoms. The second kappa shape index (κ2) is 9.82. The zero-order valence-electron chi connectivity index (χ0n) is 18.0. The van der Waals surface area contributed by atoms with Crippen molar-refractivity contribution in [3.8, 4) is 5.75 Å². The molecule has 1 aliphatic rings. The predicted molar refractivity (Wildman–Crippen MR) is 112 cm³/mol. The van der Waals surface area contributed by atoms with Crippen molar-refractivity contribution in [2.45, 2.75) is 45.7 Å². The summed E-state index contributed by atoms with van der Waals surface area (Å²) in [5, 5.41) is 12.4. The van der Waals surface area contributed by atoms with Crippen LogP contribution in [-0.4, -0.2) is 78.4 Å². The Bertz CT molecular complexity index is 722. The van der Waals surface area contributed by atoms with Crippen LogP contribution in [0.15, 0.2) is 18.2 Å². The number of hydrogen-bond acceptors (Lipinski definition) is 6. The minimum Gasteiger partial charge on any atom is -0.492 e. The van der Waals surface area contributed by atoms with E-state index in [1.165, 1.54) is 12.0 Å². The number of carbonyl (C=O) groups is 2. The average molecular weight is 408 g/mol. The van der Waals surface area contributed by atoms with Crippen LogP contribution < -0.4 is 10.1 Å². The highest BCUT2D eigenvalue weighted by atomic mass is 16.5. The minimum absolute atomic E-state index is 0.0176. The summed E-state index contributed by atoms with van der Waals surface area (Å²) in [5.41, 5.74) is 1.07. The van der Waals surface area contributed by atoms with Gasteiger partial charge in [0.05, 0.1) is 7.11 Å². The lowest BCUT2D eigenvalue weighted by molar-refractivity contribution is -0.144. The molecular formula is C21H33N3O5. The second-order valence-corrected chi connectivity index (χ2v) is 7.89. The maximum atomic E-state index is 11.9. The number of methoxy groups -OCH3 is 1. The van der Waals surface area contributed by atoms with E-state index >= 15 is 0 Å². The summed E-state index contributed by atoms with van der Waals surface area (Å²) >= 11 is 0. The number of aryl methyl sites for hydroxylation is 1. The van der Waals surface area contributed by atoms with Crippen LogP contribution >= 0.6 is 0 Å². The number of piperazine rings is 1. The molecule has 0 radical (unpaired) electrons. The van der Waals surface area contributed by atoms with Gasteiger partial charge in [0.15, 0.2) is 0 Å². The zero-order valence-corrected chi connectivity index (χ0v) is 18.0. The standard InChI is InChI=1S/C21H33N3O5/c1-6-16-13-17(22-21(3,4)19(25)28-5)7-8-18(16)29-12-11-23-9-10-24(20(26)27)15(2)14-23/h7-8,13,15,22H,6,9-12,14H2,1-5H3,(H,26,27)/t15-/m0/s1. The number of carboxylic acid groups (broad SMARTS) is 1. The Kier molecular flexibility index (Phi) is 7.73. The number of benzene rings is 1. The number of hydrogen-bond donors (Lipinski definition) is 2. The molecule has 1 fully saturated rings. The van der Waals surface area contributed by atoms with Crippen LogP contribution in [0, 0.1) is 0 Å². The predicted octanol–water partition coefficient (Wildman–Crippen LogP) is 2.68. The van der Waals surface area contributed by atoms with Crippen molar-refractivity contribution in [3.05, 3.63) is 23.8 Å². The SMILES string of the molecule is CCc1cc(NC(C)(C)C(=O)OC)ccc1OCCN1CCN(C(=O)O)[C@@H](C)C1. The summed E-state index contributed by atoms with van der Waals surface area (Å²) < 4.78 is 10.8. The van der Waals surface area contributed by atoms with Gasteiger partial charge in [-0.25, -0.2) is 9.59 Å². The molecule has 29 heavy (non-hydrogen) atoms. The Labute approximate surface area is 172 Å². The van der Waals surface area contributed by atoms with Gasteiger partial charge in [-0.05, 0) is 51.0 Å². The zero-order chi connectivity index (χ0) is 21.6. The van der Waals surface area contributed by atoms with Crippen LogP contribution in [0.2, 0.25) is 0 Å². The van der Waals surface area contributed by atoms with E-state index in [-0.39, 0.29) is 12.0 Å². The van der Waals surface area contributed by atoms with Crippen molar-refractivity contribution in [1.29, 1.82) is 0 Å². The first kappa shape index (κ1) is 22.8. The summed E-state index contributed by atoms with van der Waals surface area (Å²) in [7, 11) is 1.38. The van der Waals surface area contributed by atoms with Gasteiger partial charge < -0.3 is 24.8 Å². The summed E-state index contributed by atoms with van der Waals surface area (Å²) in [4.78, 5) is 26.8. The maximum Gasteiger partial charge on any atom is 0.407 e. The van der Waals surface area contributed by atoms with Gasteiger partial charge in [-0.2, -0.15) is 0 Å². The summed E-state index contributed by atoms with van der Waals surface area (Å²) in [6.07, 6.45) is -0.0530. The molecule has 1 amide bonds. The van der Waals surface area contributed by atoms with Crippen LogP contribution in [0.1, 0.15) is 33.3 Å². The smallest absolute Gasteiger partial charge is 0.407 e. The van der Waals surface area contributed by atoms with Crippen molar-refractivity contribution < 1.29 is 24.2 Å². The molecule has 0 bridgehead atoms. The van der Waals surface area contributed by atoms with E-state index in [4.69, 9.17) is 14.6 Å². The summed E-state index contributed by atoms with van der Waals surface area (Å²) in [6.45, 7) is 10.8. The molecule has 162 valence electrons. The molecule has 1 aromatic rings. The van der Waals surface area contributed by atoms with Crippen LogP contribution in [0.3, 0.4) is 0 Å². The third-order valence-corrected chi connectivity index (χ3v) is 5.22. The number of nitrogens with zero attached hydrogens (tertiary/aromatic N) is 2. The van der Waals surface area contributed by atoms with Gasteiger partial charge in [0.1, 0.15) is 17.9 Å². The molecule has 8 nitrogen and oxygen atoms in total. The number of ether oxygens (including phenoxy) is 2. The maximum absolute atomic E-state index is 11.9. The first-order valence-electron chi connectivity index (χ1n) is 10.0. The number of amides is 1. The topological polar surface area (TPSA) is 91.3 Å². The molecule has 8 heteroatoms. The lowest BCUT2D eigenvalue weighted by Gasteiger charge is -2.38. The highest BCUT2D eigenvalue weighted by Gasteiger charge is 2.29. The summed E-state index contributed by atoms with van der Waals surface area (Å²) in [6, 6.07) is 5.79. The second-order valence-electron chi connectivity index (χ2n) is 7.89. The molecule has 1 atom stereocenters. The lowest BCUT2D eigenvalue weighted by atomic mass is 10.0. The highest BCUT2D eigenvalue weighted by molar-refractivity contribution is 5.83. The van der Waals surface area contributed by atoms with Gasteiger partial charge in [0, 0.05) is 37.9 Å². The Balaban J connectivity index is 1.91. The Morgan fingerprint density at radius 3 is 2.62 bits per heavy atom. The molecule has 0 saturated carbocycles. The van der Waals surface area contributed by atoms with Gasteiger partial charge in [0.25, 0.3) is 0 Å². The van der Waals surface area contributed by atoms with Crippen molar-refractivity contribution in [3.63, 3.8) is 0 Å².